The molecule has 0 aromatic rings. The Hall–Kier alpha value is -6.83. The summed E-state index contributed by atoms with van der Waals surface area (Å²) in [6.45, 7) is 0.265. The van der Waals surface area contributed by atoms with Gasteiger partial charge in [-0.3, -0.25) is 38.4 Å². The average Bonchev–Trinajstić information content (AvgIpc) is 1.52. The van der Waals surface area contributed by atoms with Crippen molar-refractivity contribution in [3.05, 3.63) is 0 Å². The summed E-state index contributed by atoms with van der Waals surface area (Å²) in [6, 6.07) is 0. The fraction of sp³-hybridized carbons (Fsp3) is 0.800. The summed E-state index contributed by atoms with van der Waals surface area (Å²) in [6.07, 6.45) is -31.3. The molecule has 27 N–H and O–H groups in total. The number of carboxylic acid groups (broad SMARTS) is 1. The Balaban J connectivity index is 1.40. The van der Waals surface area contributed by atoms with Crippen LogP contribution in [-0.4, -0.2) is 249 Å². The number of carbonyl (C=O) groups excluding carboxylic acids is 10. The number of primary amides is 8. The first-order valence-electron chi connectivity index (χ1n) is 30.3. The Labute approximate surface area is 537 Å². The van der Waals surface area contributed by atoms with Gasteiger partial charge in [-0.2, -0.15) is 0 Å². The summed E-state index contributed by atoms with van der Waals surface area (Å²) in [5, 5.41) is 99.2. The molecule has 4 heterocycles. The highest BCUT2D eigenvalue weighted by Gasteiger charge is 2.61. The number of aliphatic hydroxyl groups excluding tert-OH is 8. The van der Waals surface area contributed by atoms with Crippen LogP contribution in [0.1, 0.15) is 85.0 Å². The van der Waals surface area contributed by atoms with Crippen LogP contribution in [0.5, 0.6) is 0 Å². The van der Waals surface area contributed by atoms with E-state index in [1.54, 1.807) is 0 Å². The van der Waals surface area contributed by atoms with Gasteiger partial charge in [0.05, 0.1) is 19.8 Å². The number of ether oxygens (including phenoxy) is 9. The number of carboxylic acids is 1. The monoisotopic (exact) mass is 1360 g/mol. The molecule has 4 fully saturated rings. The van der Waals surface area contributed by atoms with Crippen molar-refractivity contribution in [3.63, 3.8) is 0 Å². The van der Waals surface area contributed by atoms with Gasteiger partial charge in [0, 0.05) is 67.4 Å². The second-order valence-electron chi connectivity index (χ2n) is 24.2. The van der Waals surface area contributed by atoms with Gasteiger partial charge in [-0.15, -0.1) is 0 Å². The second kappa shape index (κ2) is 36.3. The van der Waals surface area contributed by atoms with Crippen molar-refractivity contribution in [3.8, 4) is 0 Å². The van der Waals surface area contributed by atoms with E-state index >= 15 is 0 Å². The molecule has 39 heteroatoms. The van der Waals surface area contributed by atoms with Gasteiger partial charge >= 0.3 is 18.2 Å². The molecule has 4 aliphatic heterocycles. The minimum atomic E-state index is -2.39. The number of carbonyl (C=O) groups is 11. The number of nitrogens with one attached hydrogen (secondary N) is 2. The van der Waals surface area contributed by atoms with E-state index in [4.69, 9.17) is 88.5 Å². The number of nitrogens with two attached hydrogens (primary N) is 8. The standard InChI is InChI=1S/C55H92N10O29/c1-20(41(56)74)11-23(43(58)76)7-6-22(28(48(63)81)16-27(47(62)80)15-26(46(61)79)14-25(45(60)78)13-24(44(59)77)12-21(2)42(57)75)5-4-10-86-53(84)64-8-9-65-54(85)87-19-31-39(37(73)40-51(90-31)94-55(3,93-40)52(82)83)92-50-36(72)34(70)38(30(18-67)89-50)91-49-35(71)33(69)32(68)29(17-66)88-49/h20-40,49-51,66-73H,4-19H2,1-3H3,(H2,56,74)(H2,57,75)(H2,58,76)(H2,59,77)(H2,60,78)(H2,61,79)(H2,62,80)(H2,63,81)(H,64,84)(H,65,85)(H,82,83). The topological polar surface area (TPSA) is 685 Å². The van der Waals surface area contributed by atoms with Crippen LogP contribution in [0.4, 0.5) is 9.59 Å². The van der Waals surface area contributed by atoms with Gasteiger partial charge in [0.15, 0.2) is 18.9 Å². The van der Waals surface area contributed by atoms with Gasteiger partial charge in [-0.05, 0) is 70.1 Å². The minimum absolute atomic E-state index is 0.00191. The summed E-state index contributed by atoms with van der Waals surface area (Å²) >= 11 is 0. The summed E-state index contributed by atoms with van der Waals surface area (Å²) in [5.41, 5.74) is 45.3. The number of alkyl carbamates (subject to hydrolysis) is 2. The number of rotatable bonds is 40. The van der Waals surface area contributed by atoms with Crippen LogP contribution < -0.4 is 56.5 Å². The summed E-state index contributed by atoms with van der Waals surface area (Å²) in [7, 11) is 0. The van der Waals surface area contributed by atoms with Crippen LogP contribution in [0.15, 0.2) is 0 Å². The third-order valence-corrected chi connectivity index (χ3v) is 17.3. The summed E-state index contributed by atoms with van der Waals surface area (Å²) in [5.74, 6) is -20.9. The zero-order valence-corrected chi connectivity index (χ0v) is 52.0. The molecule has 0 bridgehead atoms. The molecule has 94 heavy (non-hydrogen) atoms. The molecular formula is C55H92N10O29. The van der Waals surface area contributed by atoms with Gasteiger partial charge in [-0.25, -0.2) is 14.4 Å². The number of fused-ring (bicyclic) bond motifs is 1. The lowest BCUT2D eigenvalue weighted by Crippen LogP contribution is -2.66. The van der Waals surface area contributed by atoms with Crippen molar-refractivity contribution in [2.75, 3.05) is 39.5 Å². The zero-order chi connectivity index (χ0) is 70.8. The third kappa shape index (κ3) is 22.1. The predicted octanol–water partition coefficient (Wildman–Crippen LogP) is -8.88. The normalized spacial score (nSPS) is 31.2. The average molecular weight is 1360 g/mol. The van der Waals surface area contributed by atoms with Gasteiger partial charge < -0.3 is 145 Å². The third-order valence-electron chi connectivity index (χ3n) is 17.3. The zero-order valence-electron chi connectivity index (χ0n) is 52.0. The fourth-order valence-electron chi connectivity index (χ4n) is 11.6. The second-order valence-corrected chi connectivity index (χ2v) is 24.2. The highest BCUT2D eigenvalue weighted by molar-refractivity contribution is 5.84. The number of hydrogen-bond donors (Lipinski definition) is 19. The molecule has 0 spiro atoms. The lowest BCUT2D eigenvalue weighted by Gasteiger charge is -2.47. The largest absolute Gasteiger partial charge is 0.477 e. The Bertz CT molecular complexity index is 2610. The molecule has 0 radical (unpaired) electrons. The number of aliphatic hydroxyl groups is 8. The molecule has 4 aliphatic rings. The van der Waals surface area contributed by atoms with E-state index in [9.17, 15) is 98.7 Å². The molecule has 536 valence electrons. The maximum Gasteiger partial charge on any atom is 0.407 e. The number of amides is 10. The Kier molecular flexibility index (Phi) is 30.8. The summed E-state index contributed by atoms with van der Waals surface area (Å²) in [4.78, 5) is 139. The highest BCUT2D eigenvalue weighted by atomic mass is 16.9. The molecule has 25 atom stereocenters. The van der Waals surface area contributed by atoms with Crippen LogP contribution in [0.3, 0.4) is 0 Å². The Morgan fingerprint density at radius 1 is 0.479 bits per heavy atom. The first-order valence-corrected chi connectivity index (χ1v) is 30.3. The van der Waals surface area contributed by atoms with Crippen LogP contribution >= 0.6 is 0 Å². The van der Waals surface area contributed by atoms with Crippen molar-refractivity contribution in [2.45, 2.75) is 183 Å². The molecule has 4 rings (SSSR count). The highest BCUT2D eigenvalue weighted by Crippen LogP contribution is 2.40. The van der Waals surface area contributed by atoms with Crippen LogP contribution in [-0.2, 0) is 85.8 Å². The van der Waals surface area contributed by atoms with Crippen molar-refractivity contribution in [1.29, 1.82) is 0 Å². The van der Waals surface area contributed by atoms with E-state index in [1.807, 2.05) is 0 Å². The van der Waals surface area contributed by atoms with E-state index in [0.29, 0.717) is 0 Å². The molecule has 25 unspecified atom stereocenters. The maximum absolute atomic E-state index is 13.4. The van der Waals surface area contributed by atoms with Crippen LogP contribution in [0.25, 0.3) is 0 Å². The Morgan fingerprint density at radius 3 is 1.39 bits per heavy atom. The van der Waals surface area contributed by atoms with Crippen molar-refractivity contribution >= 4 is 65.4 Å². The number of hydrogen-bond acceptors (Lipinski definition) is 28. The van der Waals surface area contributed by atoms with E-state index in [1.165, 1.54) is 13.8 Å². The Morgan fingerprint density at radius 2 is 0.926 bits per heavy atom. The smallest absolute Gasteiger partial charge is 0.407 e. The predicted molar refractivity (Wildman–Crippen MR) is 309 cm³/mol. The van der Waals surface area contributed by atoms with Gasteiger partial charge in [0.1, 0.15) is 79.9 Å². The molecule has 0 saturated carbocycles. The molecule has 10 amide bonds. The maximum atomic E-state index is 13.4. The van der Waals surface area contributed by atoms with Crippen LogP contribution in [0, 0.1) is 53.3 Å². The van der Waals surface area contributed by atoms with E-state index < -0.39 is 256 Å². The number of aliphatic carboxylic acids is 1. The fourth-order valence-corrected chi connectivity index (χ4v) is 11.6. The SMILES string of the molecule is CC(CC(CCC(CCCOC(=O)NCCNC(=O)OCC1OC2OC(C)(C(=O)O)OC2C(O)C1OC1OC(CO)C(OC2OC(CO)C(O)C(O)C2O)C(O)C1O)C(CC(CC(CC(CC(CC(C)C(N)=O)C(N)=O)C(N)=O)C(N)=O)C(N)=O)C(N)=O)C(N)=O)C(N)=O. The van der Waals surface area contributed by atoms with Crippen molar-refractivity contribution in [2.24, 2.45) is 99.1 Å². The van der Waals surface area contributed by atoms with Crippen molar-refractivity contribution < 1.29 is 141 Å². The van der Waals surface area contributed by atoms with Gasteiger partial charge in [0.2, 0.25) is 47.3 Å². The molecule has 0 aromatic heterocycles. The molecular weight excluding hydrogens is 1260 g/mol. The first kappa shape index (κ1) is 79.6. The van der Waals surface area contributed by atoms with Crippen LogP contribution in [0.2, 0.25) is 0 Å². The van der Waals surface area contributed by atoms with E-state index in [-0.39, 0.29) is 64.6 Å². The first-order chi connectivity index (χ1) is 44.0. The molecule has 39 nitrogen and oxygen atoms in total. The minimum Gasteiger partial charge on any atom is -0.477 e. The quantitative estimate of drug-likeness (QED) is 0.0253. The molecule has 0 aliphatic carbocycles. The molecule has 4 saturated heterocycles. The lowest BCUT2D eigenvalue weighted by atomic mass is 9.74. The van der Waals surface area contributed by atoms with Gasteiger partial charge in [0.25, 0.3) is 5.79 Å². The molecule has 0 aromatic carbocycles. The lowest BCUT2D eigenvalue weighted by molar-refractivity contribution is -0.374. The van der Waals surface area contributed by atoms with E-state index in [0.717, 1.165) is 6.92 Å². The van der Waals surface area contributed by atoms with Crippen molar-refractivity contribution in [1.82, 2.24) is 10.6 Å². The summed E-state index contributed by atoms with van der Waals surface area (Å²) < 4.78 is 49.8. The van der Waals surface area contributed by atoms with Gasteiger partial charge in [-0.1, -0.05) is 13.8 Å². The van der Waals surface area contributed by atoms with E-state index in [2.05, 4.69) is 10.6 Å².